The molecular weight excluding hydrogens is 303 g/mol. The molecule has 0 fully saturated rings. The van der Waals surface area contributed by atoms with Crippen molar-refractivity contribution >= 4 is 11.9 Å². The van der Waals surface area contributed by atoms with Crippen molar-refractivity contribution in [1.82, 2.24) is 0 Å². The number of alkyl halides is 3. The third-order valence-electron chi connectivity index (χ3n) is 2.52. The van der Waals surface area contributed by atoms with E-state index in [0.717, 1.165) is 0 Å². The number of halogens is 3. The molecule has 1 atom stereocenters. The van der Waals surface area contributed by atoms with Gasteiger partial charge < -0.3 is 9.47 Å². The normalized spacial score (nSPS) is 12.1. The van der Waals surface area contributed by atoms with Crippen molar-refractivity contribution in [3.05, 3.63) is 29.8 Å². The van der Waals surface area contributed by atoms with E-state index < -0.39 is 37.1 Å². The molecule has 0 saturated heterocycles. The Balaban J connectivity index is 2.39. The van der Waals surface area contributed by atoms with Gasteiger partial charge in [-0.1, -0.05) is 0 Å². The van der Waals surface area contributed by atoms with Crippen LogP contribution < -0.4 is 4.74 Å². The fraction of sp³-hybridized carbons (Fsp3) is 0.357. The van der Waals surface area contributed by atoms with Gasteiger partial charge in [0.15, 0.2) is 6.10 Å². The summed E-state index contributed by atoms with van der Waals surface area (Å²) in [4.78, 5) is 22.6. The molecule has 1 aromatic rings. The quantitative estimate of drug-likeness (QED) is 0.617. The molecule has 0 bridgehead atoms. The van der Waals surface area contributed by atoms with Crippen molar-refractivity contribution in [3.8, 4) is 11.8 Å². The molecule has 0 amide bonds. The van der Waals surface area contributed by atoms with E-state index in [-0.39, 0.29) is 5.75 Å². The average molecular weight is 315 g/mol. The van der Waals surface area contributed by atoms with E-state index in [9.17, 15) is 22.8 Å². The molecule has 0 radical (unpaired) electrons. The largest absolute Gasteiger partial charge is 0.453 e. The van der Waals surface area contributed by atoms with Gasteiger partial charge >= 0.3 is 18.1 Å². The molecule has 0 N–H and O–H groups in total. The lowest BCUT2D eigenvalue weighted by Gasteiger charge is -2.16. The van der Waals surface area contributed by atoms with E-state index in [0.29, 0.717) is 12.5 Å². The maximum atomic E-state index is 12.2. The minimum atomic E-state index is -4.64. The van der Waals surface area contributed by atoms with Crippen LogP contribution in [0.5, 0.6) is 5.75 Å². The Labute approximate surface area is 124 Å². The van der Waals surface area contributed by atoms with E-state index >= 15 is 0 Å². The van der Waals surface area contributed by atoms with Crippen LogP contribution in [-0.4, -0.2) is 24.2 Å². The fourth-order valence-corrected chi connectivity index (χ4v) is 1.31. The molecule has 5 nitrogen and oxygen atoms in total. The first-order valence-electron chi connectivity index (χ1n) is 6.19. The highest BCUT2D eigenvalue weighted by atomic mass is 19.4. The van der Waals surface area contributed by atoms with Crippen LogP contribution in [0.3, 0.4) is 0 Å². The summed E-state index contributed by atoms with van der Waals surface area (Å²) in [5.41, 5.74) is 0.379. The van der Waals surface area contributed by atoms with Gasteiger partial charge in [0, 0.05) is 0 Å². The lowest BCUT2D eigenvalue weighted by Crippen LogP contribution is -2.31. The summed E-state index contributed by atoms with van der Waals surface area (Å²) in [6.45, 7) is 0.701. The lowest BCUT2D eigenvalue weighted by molar-refractivity contribution is -0.216. The van der Waals surface area contributed by atoms with Crippen LogP contribution in [0.1, 0.15) is 25.3 Å². The number of ether oxygens (including phenoxy) is 2. The Hall–Kier alpha value is -2.56. The van der Waals surface area contributed by atoms with E-state index in [2.05, 4.69) is 4.74 Å². The van der Waals surface area contributed by atoms with Crippen molar-refractivity contribution < 1.29 is 32.2 Å². The number of hydrogen-bond donors (Lipinski definition) is 0. The van der Waals surface area contributed by atoms with E-state index in [4.69, 9.17) is 10.00 Å². The number of carbonyl (C=O) groups excluding carboxylic acids is 2. The highest BCUT2D eigenvalue weighted by molar-refractivity contribution is 5.79. The average Bonchev–Trinajstić information content (AvgIpc) is 2.45. The maximum absolute atomic E-state index is 12.2. The molecule has 0 spiro atoms. The summed E-state index contributed by atoms with van der Waals surface area (Å²) in [7, 11) is 0. The Kier molecular flexibility index (Phi) is 5.92. The monoisotopic (exact) mass is 315 g/mol. The fourth-order valence-electron chi connectivity index (χ4n) is 1.31. The van der Waals surface area contributed by atoms with Gasteiger partial charge in [0.25, 0.3) is 0 Å². The van der Waals surface area contributed by atoms with E-state index in [1.165, 1.54) is 24.3 Å². The second kappa shape index (κ2) is 7.45. The van der Waals surface area contributed by atoms with Crippen molar-refractivity contribution in [1.29, 1.82) is 5.26 Å². The van der Waals surface area contributed by atoms with Crippen molar-refractivity contribution in [2.24, 2.45) is 0 Å². The van der Waals surface area contributed by atoms with Crippen LogP contribution in [0.2, 0.25) is 0 Å². The Morgan fingerprint density at radius 1 is 1.18 bits per heavy atom. The molecule has 1 unspecified atom stereocenters. The summed E-state index contributed by atoms with van der Waals surface area (Å²) in [5, 5.41) is 8.60. The SMILES string of the molecule is CC(OC(=O)CCC(=O)Oc1ccc(C#N)cc1)C(F)(F)F. The lowest BCUT2D eigenvalue weighted by atomic mass is 10.2. The number of benzene rings is 1. The van der Waals surface area contributed by atoms with Crippen LogP contribution in [0, 0.1) is 11.3 Å². The van der Waals surface area contributed by atoms with Crippen LogP contribution >= 0.6 is 0 Å². The Morgan fingerprint density at radius 2 is 1.73 bits per heavy atom. The van der Waals surface area contributed by atoms with Gasteiger partial charge in [0.05, 0.1) is 24.5 Å². The summed E-state index contributed by atoms with van der Waals surface area (Å²) >= 11 is 0. The molecule has 0 aliphatic heterocycles. The van der Waals surface area contributed by atoms with E-state index in [1.54, 1.807) is 0 Å². The van der Waals surface area contributed by atoms with Crippen LogP contribution in [0.25, 0.3) is 0 Å². The first kappa shape index (κ1) is 17.5. The predicted molar refractivity (Wildman–Crippen MR) is 67.6 cm³/mol. The van der Waals surface area contributed by atoms with Crippen molar-refractivity contribution in [2.75, 3.05) is 0 Å². The Morgan fingerprint density at radius 3 is 2.23 bits per heavy atom. The molecule has 1 aromatic carbocycles. The summed E-state index contributed by atoms with van der Waals surface area (Å²) in [6.07, 6.45) is -7.80. The summed E-state index contributed by atoms with van der Waals surface area (Å²) < 4.78 is 45.5. The highest BCUT2D eigenvalue weighted by Crippen LogP contribution is 2.22. The number of carbonyl (C=O) groups is 2. The van der Waals surface area contributed by atoms with Crippen LogP contribution in [-0.2, 0) is 14.3 Å². The standard InChI is InChI=1S/C14H12F3NO4/c1-9(14(15,16)17)21-12(19)6-7-13(20)22-11-4-2-10(8-18)3-5-11/h2-5,9H,6-7H2,1H3. The maximum Gasteiger partial charge on any atom is 0.425 e. The third-order valence-corrected chi connectivity index (χ3v) is 2.52. The zero-order chi connectivity index (χ0) is 16.8. The van der Waals surface area contributed by atoms with Gasteiger partial charge in [-0.25, -0.2) is 0 Å². The highest BCUT2D eigenvalue weighted by Gasteiger charge is 2.39. The molecule has 22 heavy (non-hydrogen) atoms. The van der Waals surface area contributed by atoms with Gasteiger partial charge in [0.1, 0.15) is 5.75 Å². The number of rotatable bonds is 5. The molecule has 0 aliphatic rings. The molecule has 1 rings (SSSR count). The molecule has 0 aliphatic carbocycles. The molecular formula is C14H12F3NO4. The number of hydrogen-bond acceptors (Lipinski definition) is 5. The number of nitriles is 1. The first-order valence-corrected chi connectivity index (χ1v) is 6.19. The van der Waals surface area contributed by atoms with Gasteiger partial charge in [-0.15, -0.1) is 0 Å². The predicted octanol–water partition coefficient (Wildman–Crippen LogP) is 2.74. The zero-order valence-corrected chi connectivity index (χ0v) is 11.5. The van der Waals surface area contributed by atoms with Gasteiger partial charge in [0.2, 0.25) is 0 Å². The van der Waals surface area contributed by atoms with Gasteiger partial charge in [-0.2, -0.15) is 18.4 Å². The van der Waals surface area contributed by atoms with Crippen molar-refractivity contribution in [2.45, 2.75) is 32.0 Å². The third kappa shape index (κ3) is 5.83. The summed E-state index contributed by atoms with van der Waals surface area (Å²) in [5.74, 6) is -1.76. The van der Waals surface area contributed by atoms with Gasteiger partial charge in [-0.05, 0) is 31.2 Å². The summed E-state index contributed by atoms with van der Waals surface area (Å²) in [6, 6.07) is 7.53. The smallest absolute Gasteiger partial charge is 0.425 e. The van der Waals surface area contributed by atoms with Crippen LogP contribution in [0.4, 0.5) is 13.2 Å². The molecule has 0 heterocycles. The first-order chi connectivity index (χ1) is 10.2. The second-order valence-electron chi connectivity index (χ2n) is 4.28. The molecule has 8 heteroatoms. The Bertz CT molecular complexity index is 575. The van der Waals surface area contributed by atoms with Crippen molar-refractivity contribution in [3.63, 3.8) is 0 Å². The van der Waals surface area contributed by atoms with Crippen LogP contribution in [0.15, 0.2) is 24.3 Å². The minimum absolute atomic E-state index is 0.168. The molecule has 0 aromatic heterocycles. The molecule has 118 valence electrons. The zero-order valence-electron chi connectivity index (χ0n) is 11.5. The molecule has 0 saturated carbocycles. The minimum Gasteiger partial charge on any atom is -0.453 e. The number of esters is 2. The second-order valence-corrected chi connectivity index (χ2v) is 4.28. The topological polar surface area (TPSA) is 76.4 Å². The number of nitrogens with zero attached hydrogens (tertiary/aromatic N) is 1. The van der Waals surface area contributed by atoms with E-state index in [1.807, 2.05) is 6.07 Å². The van der Waals surface area contributed by atoms with Gasteiger partial charge in [-0.3, -0.25) is 9.59 Å².